The van der Waals surface area contributed by atoms with Gasteiger partial charge in [-0.15, -0.1) is 0 Å². The van der Waals surface area contributed by atoms with Crippen LogP contribution in [0.1, 0.15) is 30.5 Å². The van der Waals surface area contributed by atoms with Crippen LogP contribution in [-0.4, -0.2) is 16.4 Å². The van der Waals surface area contributed by atoms with Crippen molar-refractivity contribution in [3.8, 4) is 5.75 Å². The van der Waals surface area contributed by atoms with Crippen molar-refractivity contribution in [3.63, 3.8) is 0 Å². The molecule has 3 rings (SSSR count). The quantitative estimate of drug-likeness (QED) is 0.915. The summed E-state index contributed by atoms with van der Waals surface area (Å²) >= 11 is 0. The third-order valence-electron chi connectivity index (χ3n) is 3.57. The molecule has 4 heteroatoms. The molecule has 0 fully saturated rings. The first-order valence-electron chi connectivity index (χ1n) is 6.77. The van der Waals surface area contributed by atoms with Gasteiger partial charge < -0.3 is 10.1 Å². The van der Waals surface area contributed by atoms with Crippen molar-refractivity contribution in [1.29, 1.82) is 0 Å². The molecule has 1 atom stereocenters. The number of hydrogen-bond donors (Lipinski definition) is 1. The predicted octanol–water partition coefficient (Wildman–Crippen LogP) is 2.92. The number of ether oxygens (including phenoxy) is 1. The number of nitrogens with zero attached hydrogens (tertiary/aromatic N) is 2. The summed E-state index contributed by atoms with van der Waals surface area (Å²) in [5.74, 6) is 1.04. The molecule has 1 aromatic heterocycles. The van der Waals surface area contributed by atoms with Crippen molar-refractivity contribution in [2.24, 2.45) is 7.05 Å². The average Bonchev–Trinajstić information content (AvgIpc) is 3.03. The fraction of sp³-hybridized carbons (Fsp3) is 0.400. The standard InChI is InChI=1S/C15H19N3O/c1-3-14(17-13-9-16-18(2)10-13)11-4-5-15-12(8-11)6-7-19-15/h4-5,8-10,14,17H,3,6-7H2,1-2H3. The molecule has 1 N–H and O–H groups in total. The van der Waals surface area contributed by atoms with Gasteiger partial charge >= 0.3 is 0 Å². The SMILES string of the molecule is CCC(Nc1cnn(C)c1)c1ccc2c(c1)CCO2. The largest absolute Gasteiger partial charge is 0.493 e. The molecule has 1 aliphatic heterocycles. The molecular weight excluding hydrogens is 238 g/mol. The summed E-state index contributed by atoms with van der Waals surface area (Å²) in [7, 11) is 1.93. The van der Waals surface area contributed by atoms with Gasteiger partial charge in [-0.25, -0.2) is 0 Å². The fourth-order valence-corrected chi connectivity index (χ4v) is 2.54. The summed E-state index contributed by atoms with van der Waals surface area (Å²) in [5.41, 5.74) is 3.70. The zero-order valence-corrected chi connectivity index (χ0v) is 11.4. The van der Waals surface area contributed by atoms with E-state index in [1.165, 1.54) is 11.1 Å². The highest BCUT2D eigenvalue weighted by Gasteiger charge is 2.16. The van der Waals surface area contributed by atoms with Gasteiger partial charge in [-0.3, -0.25) is 4.68 Å². The minimum Gasteiger partial charge on any atom is -0.493 e. The van der Waals surface area contributed by atoms with Crippen LogP contribution in [0.5, 0.6) is 5.75 Å². The van der Waals surface area contributed by atoms with Crippen molar-refractivity contribution in [1.82, 2.24) is 9.78 Å². The molecule has 2 heterocycles. The highest BCUT2D eigenvalue weighted by atomic mass is 16.5. The van der Waals surface area contributed by atoms with Gasteiger partial charge in [0.25, 0.3) is 0 Å². The number of fused-ring (bicyclic) bond motifs is 1. The van der Waals surface area contributed by atoms with Gasteiger partial charge in [-0.1, -0.05) is 13.0 Å². The lowest BCUT2D eigenvalue weighted by Gasteiger charge is -2.18. The van der Waals surface area contributed by atoms with Gasteiger partial charge in [-0.05, 0) is 29.7 Å². The Morgan fingerprint density at radius 3 is 3.11 bits per heavy atom. The smallest absolute Gasteiger partial charge is 0.122 e. The van der Waals surface area contributed by atoms with Crippen LogP contribution in [0.25, 0.3) is 0 Å². The normalized spacial score (nSPS) is 14.8. The Hall–Kier alpha value is -1.97. The minimum atomic E-state index is 0.315. The second kappa shape index (κ2) is 4.96. The van der Waals surface area contributed by atoms with Crippen molar-refractivity contribution in [2.75, 3.05) is 11.9 Å². The summed E-state index contributed by atoms with van der Waals surface area (Å²) in [6, 6.07) is 6.82. The second-order valence-electron chi connectivity index (χ2n) is 4.97. The second-order valence-corrected chi connectivity index (χ2v) is 4.97. The number of rotatable bonds is 4. The van der Waals surface area contributed by atoms with E-state index in [0.717, 1.165) is 30.9 Å². The lowest BCUT2D eigenvalue weighted by molar-refractivity contribution is 0.357. The van der Waals surface area contributed by atoms with Gasteiger partial charge in [0.1, 0.15) is 5.75 Å². The Morgan fingerprint density at radius 1 is 1.47 bits per heavy atom. The molecule has 0 saturated carbocycles. The van der Waals surface area contributed by atoms with Gasteiger partial charge in [-0.2, -0.15) is 5.10 Å². The zero-order chi connectivity index (χ0) is 13.2. The summed E-state index contributed by atoms with van der Waals surface area (Å²) in [6.07, 6.45) is 5.92. The Bertz CT molecular complexity index is 577. The van der Waals surface area contributed by atoms with Crippen molar-refractivity contribution in [3.05, 3.63) is 41.7 Å². The summed E-state index contributed by atoms with van der Waals surface area (Å²) in [6.45, 7) is 3.00. The van der Waals surface area contributed by atoms with E-state index >= 15 is 0 Å². The Morgan fingerprint density at radius 2 is 2.37 bits per heavy atom. The third kappa shape index (κ3) is 2.43. The molecule has 0 radical (unpaired) electrons. The van der Waals surface area contributed by atoms with Crippen LogP contribution in [0.3, 0.4) is 0 Å². The molecule has 0 aliphatic carbocycles. The molecule has 19 heavy (non-hydrogen) atoms. The number of aromatic nitrogens is 2. The van der Waals surface area contributed by atoms with E-state index in [9.17, 15) is 0 Å². The molecule has 2 aromatic rings. The van der Waals surface area contributed by atoms with Crippen molar-refractivity contribution >= 4 is 5.69 Å². The van der Waals surface area contributed by atoms with Crippen molar-refractivity contribution in [2.45, 2.75) is 25.8 Å². The molecule has 1 unspecified atom stereocenters. The van der Waals surface area contributed by atoms with Gasteiger partial charge in [0.05, 0.1) is 24.5 Å². The molecule has 0 spiro atoms. The first kappa shape index (κ1) is 12.1. The molecule has 0 saturated heterocycles. The number of aryl methyl sites for hydroxylation is 1. The van der Waals surface area contributed by atoms with Crippen LogP contribution >= 0.6 is 0 Å². The van der Waals surface area contributed by atoms with Crippen LogP contribution in [0.15, 0.2) is 30.6 Å². The van der Waals surface area contributed by atoms with Crippen LogP contribution in [0, 0.1) is 0 Å². The number of anilines is 1. The zero-order valence-electron chi connectivity index (χ0n) is 11.4. The molecule has 100 valence electrons. The maximum atomic E-state index is 5.55. The lowest BCUT2D eigenvalue weighted by Crippen LogP contribution is -2.09. The van der Waals surface area contributed by atoms with E-state index in [0.29, 0.717) is 6.04 Å². The summed E-state index contributed by atoms with van der Waals surface area (Å²) in [5, 5.41) is 7.72. The Balaban J connectivity index is 1.82. The number of hydrogen-bond acceptors (Lipinski definition) is 3. The third-order valence-corrected chi connectivity index (χ3v) is 3.57. The fourth-order valence-electron chi connectivity index (χ4n) is 2.54. The van der Waals surface area contributed by atoms with Crippen LogP contribution in [0.2, 0.25) is 0 Å². The average molecular weight is 257 g/mol. The molecule has 0 amide bonds. The number of nitrogens with one attached hydrogen (secondary N) is 1. The molecular formula is C15H19N3O. The topological polar surface area (TPSA) is 39.1 Å². The molecule has 4 nitrogen and oxygen atoms in total. The summed E-state index contributed by atoms with van der Waals surface area (Å²) < 4.78 is 7.37. The first-order chi connectivity index (χ1) is 9.26. The van der Waals surface area contributed by atoms with Crippen LogP contribution in [-0.2, 0) is 13.5 Å². The van der Waals surface area contributed by atoms with Crippen molar-refractivity contribution < 1.29 is 4.74 Å². The van der Waals surface area contributed by atoms with E-state index in [-0.39, 0.29) is 0 Å². The lowest BCUT2D eigenvalue weighted by atomic mass is 10.0. The van der Waals surface area contributed by atoms with E-state index in [2.05, 4.69) is 35.5 Å². The Labute approximate surface area is 113 Å². The number of benzene rings is 1. The maximum absolute atomic E-state index is 5.55. The highest BCUT2D eigenvalue weighted by Crippen LogP contribution is 2.30. The van der Waals surface area contributed by atoms with E-state index in [4.69, 9.17) is 4.74 Å². The van der Waals surface area contributed by atoms with Crippen LogP contribution in [0.4, 0.5) is 5.69 Å². The van der Waals surface area contributed by atoms with Gasteiger partial charge in [0, 0.05) is 19.7 Å². The first-order valence-corrected chi connectivity index (χ1v) is 6.77. The van der Waals surface area contributed by atoms with Gasteiger partial charge in [0.15, 0.2) is 0 Å². The minimum absolute atomic E-state index is 0.315. The maximum Gasteiger partial charge on any atom is 0.122 e. The monoisotopic (exact) mass is 257 g/mol. The molecule has 1 aliphatic rings. The molecule has 0 bridgehead atoms. The van der Waals surface area contributed by atoms with E-state index in [1.807, 2.05) is 24.1 Å². The van der Waals surface area contributed by atoms with Crippen LogP contribution < -0.4 is 10.1 Å². The predicted molar refractivity (Wildman–Crippen MR) is 75.5 cm³/mol. The van der Waals surface area contributed by atoms with Gasteiger partial charge in [0.2, 0.25) is 0 Å². The van der Waals surface area contributed by atoms with E-state index in [1.54, 1.807) is 0 Å². The van der Waals surface area contributed by atoms with E-state index < -0.39 is 0 Å². The Kier molecular flexibility index (Phi) is 3.15. The highest BCUT2D eigenvalue weighted by molar-refractivity contribution is 5.45. The molecule has 1 aromatic carbocycles. The summed E-state index contributed by atoms with van der Waals surface area (Å²) in [4.78, 5) is 0.